The number of ether oxygens (including phenoxy) is 1. The fourth-order valence-corrected chi connectivity index (χ4v) is 3.46. The molecule has 0 atom stereocenters. The monoisotopic (exact) mass is 406 g/mol. The molecule has 0 aromatic heterocycles. The van der Waals surface area contributed by atoms with Crippen LogP contribution in [-0.2, 0) is 0 Å². The maximum absolute atomic E-state index is 12.7. The minimum Gasteiger partial charge on any atom is -0.497 e. The third-order valence-electron chi connectivity index (χ3n) is 4.61. The fourth-order valence-electron chi connectivity index (χ4n) is 3.09. The second kappa shape index (κ2) is 8.63. The molecule has 142 valence electrons. The summed E-state index contributed by atoms with van der Waals surface area (Å²) in [6, 6.07) is 11.9. The van der Waals surface area contributed by atoms with E-state index in [1.165, 1.54) is 0 Å². The van der Waals surface area contributed by atoms with Gasteiger partial charge < -0.3 is 15.0 Å². The zero-order valence-electron chi connectivity index (χ0n) is 14.9. The molecule has 0 saturated carbocycles. The molecule has 0 radical (unpaired) electrons. The molecule has 2 aromatic carbocycles. The Morgan fingerprint density at radius 3 is 2.56 bits per heavy atom. The van der Waals surface area contributed by atoms with Crippen LogP contribution in [0, 0.1) is 0 Å². The van der Waals surface area contributed by atoms with E-state index in [0.29, 0.717) is 52.9 Å². The van der Waals surface area contributed by atoms with Crippen molar-refractivity contribution in [1.29, 1.82) is 0 Å². The molecule has 0 unspecified atom stereocenters. The summed E-state index contributed by atoms with van der Waals surface area (Å²) in [6.45, 7) is 1.09. The number of piperidine rings is 1. The molecule has 0 bridgehead atoms. The number of rotatable bonds is 4. The molecular weight excluding hydrogens is 387 g/mol. The summed E-state index contributed by atoms with van der Waals surface area (Å²) in [5, 5.41) is 3.89. The molecule has 1 aliphatic heterocycles. The van der Waals surface area contributed by atoms with Gasteiger partial charge in [0.2, 0.25) is 0 Å². The van der Waals surface area contributed by atoms with Gasteiger partial charge in [-0.1, -0.05) is 29.3 Å². The number of carbonyl (C=O) groups excluding carboxylic acids is 2. The Kier molecular flexibility index (Phi) is 6.24. The van der Waals surface area contributed by atoms with Crippen LogP contribution >= 0.6 is 23.2 Å². The fraction of sp³-hybridized carbons (Fsp3) is 0.300. The average molecular weight is 407 g/mol. The number of hydrogen-bond acceptors (Lipinski definition) is 3. The lowest BCUT2D eigenvalue weighted by Crippen LogP contribution is -2.46. The number of halogens is 2. The van der Waals surface area contributed by atoms with Gasteiger partial charge in [-0.15, -0.1) is 0 Å². The topological polar surface area (TPSA) is 58.6 Å². The first-order valence-electron chi connectivity index (χ1n) is 8.67. The van der Waals surface area contributed by atoms with Crippen molar-refractivity contribution in [2.24, 2.45) is 0 Å². The van der Waals surface area contributed by atoms with E-state index in [4.69, 9.17) is 27.9 Å². The van der Waals surface area contributed by atoms with E-state index in [0.717, 1.165) is 0 Å². The summed E-state index contributed by atoms with van der Waals surface area (Å²) in [4.78, 5) is 26.8. The second-order valence-corrected chi connectivity index (χ2v) is 7.24. The maximum atomic E-state index is 12.7. The van der Waals surface area contributed by atoms with Crippen molar-refractivity contribution in [3.05, 3.63) is 63.6 Å². The van der Waals surface area contributed by atoms with Gasteiger partial charge in [0.15, 0.2) is 0 Å². The summed E-state index contributed by atoms with van der Waals surface area (Å²) in [6.07, 6.45) is 1.36. The highest BCUT2D eigenvalue weighted by Crippen LogP contribution is 2.24. The first-order chi connectivity index (χ1) is 13.0. The molecular formula is C20H20Cl2N2O3. The van der Waals surface area contributed by atoms with Crippen molar-refractivity contribution in [3.63, 3.8) is 0 Å². The molecule has 3 rings (SSSR count). The van der Waals surface area contributed by atoms with Crippen molar-refractivity contribution in [1.82, 2.24) is 10.2 Å². The number of amides is 2. The van der Waals surface area contributed by atoms with Crippen molar-refractivity contribution < 1.29 is 14.3 Å². The molecule has 27 heavy (non-hydrogen) atoms. The largest absolute Gasteiger partial charge is 0.497 e. The second-order valence-electron chi connectivity index (χ2n) is 6.40. The smallest absolute Gasteiger partial charge is 0.255 e. The molecule has 1 aliphatic rings. The first kappa shape index (κ1) is 19.5. The Balaban J connectivity index is 1.57. The van der Waals surface area contributed by atoms with E-state index in [2.05, 4.69) is 5.32 Å². The third-order valence-corrected chi connectivity index (χ3v) is 5.17. The Morgan fingerprint density at radius 1 is 1.11 bits per heavy atom. The van der Waals surface area contributed by atoms with E-state index in [-0.39, 0.29) is 17.9 Å². The zero-order chi connectivity index (χ0) is 19.4. The van der Waals surface area contributed by atoms with Gasteiger partial charge in [0.05, 0.1) is 17.7 Å². The summed E-state index contributed by atoms with van der Waals surface area (Å²) in [5.41, 5.74) is 0.960. The quantitative estimate of drug-likeness (QED) is 0.833. The van der Waals surface area contributed by atoms with Crippen LogP contribution in [0.1, 0.15) is 33.6 Å². The highest BCUT2D eigenvalue weighted by molar-refractivity contribution is 6.35. The number of carbonyl (C=O) groups is 2. The molecule has 0 aliphatic carbocycles. The van der Waals surface area contributed by atoms with Crippen LogP contribution in [0.2, 0.25) is 10.0 Å². The van der Waals surface area contributed by atoms with Gasteiger partial charge in [-0.25, -0.2) is 0 Å². The summed E-state index contributed by atoms with van der Waals surface area (Å²) in [7, 11) is 1.57. The molecule has 5 nitrogen and oxygen atoms in total. The lowest BCUT2D eigenvalue weighted by atomic mass is 10.0. The maximum Gasteiger partial charge on any atom is 0.255 e. The van der Waals surface area contributed by atoms with Crippen LogP contribution in [-0.4, -0.2) is 43.0 Å². The van der Waals surface area contributed by atoms with Crippen LogP contribution in [0.15, 0.2) is 42.5 Å². The number of nitrogens with one attached hydrogen (secondary N) is 1. The molecule has 7 heteroatoms. The Hall–Kier alpha value is -2.24. The zero-order valence-corrected chi connectivity index (χ0v) is 16.4. The lowest BCUT2D eigenvalue weighted by molar-refractivity contribution is 0.0698. The normalized spacial score (nSPS) is 14.7. The minimum atomic E-state index is -0.142. The van der Waals surface area contributed by atoms with Gasteiger partial charge in [0.25, 0.3) is 11.8 Å². The Labute approximate surface area is 168 Å². The molecule has 1 heterocycles. The van der Waals surface area contributed by atoms with Crippen LogP contribution in [0.4, 0.5) is 0 Å². The van der Waals surface area contributed by atoms with Crippen LogP contribution < -0.4 is 10.1 Å². The number of methoxy groups -OCH3 is 1. The highest BCUT2D eigenvalue weighted by Gasteiger charge is 2.26. The van der Waals surface area contributed by atoms with Gasteiger partial charge in [-0.2, -0.15) is 0 Å². The predicted molar refractivity (Wildman–Crippen MR) is 106 cm³/mol. The Morgan fingerprint density at radius 2 is 1.85 bits per heavy atom. The summed E-state index contributed by atoms with van der Waals surface area (Å²) < 4.78 is 5.15. The van der Waals surface area contributed by atoms with Crippen molar-refractivity contribution in [2.45, 2.75) is 18.9 Å². The van der Waals surface area contributed by atoms with Gasteiger partial charge in [-0.05, 0) is 49.2 Å². The molecule has 2 amide bonds. The SMILES string of the molecule is COc1cccc(C(=O)NC2CCN(C(=O)c3cc(Cl)ccc3Cl)CC2)c1. The first-order valence-corrected chi connectivity index (χ1v) is 9.43. The highest BCUT2D eigenvalue weighted by atomic mass is 35.5. The summed E-state index contributed by atoms with van der Waals surface area (Å²) >= 11 is 12.1. The van der Waals surface area contributed by atoms with Gasteiger partial charge >= 0.3 is 0 Å². The number of nitrogens with zero attached hydrogens (tertiary/aromatic N) is 1. The van der Waals surface area contributed by atoms with Gasteiger partial charge in [-0.3, -0.25) is 9.59 Å². The van der Waals surface area contributed by atoms with Crippen LogP contribution in [0.3, 0.4) is 0 Å². The minimum absolute atomic E-state index is 0.0163. The van der Waals surface area contributed by atoms with E-state index in [1.54, 1.807) is 54.5 Å². The average Bonchev–Trinajstić information content (AvgIpc) is 2.70. The Bertz CT molecular complexity index is 849. The van der Waals surface area contributed by atoms with Crippen LogP contribution in [0.25, 0.3) is 0 Å². The molecule has 0 spiro atoms. The predicted octanol–water partition coefficient (Wildman–Crippen LogP) is 4.04. The van der Waals surface area contributed by atoms with Gasteiger partial charge in [0.1, 0.15) is 5.75 Å². The van der Waals surface area contributed by atoms with Crippen LogP contribution in [0.5, 0.6) is 5.75 Å². The molecule has 2 aromatic rings. The molecule has 1 N–H and O–H groups in total. The van der Waals surface area contributed by atoms with E-state index in [1.807, 2.05) is 0 Å². The van der Waals surface area contributed by atoms with E-state index >= 15 is 0 Å². The van der Waals surface area contributed by atoms with E-state index < -0.39 is 0 Å². The van der Waals surface area contributed by atoms with Crippen molar-refractivity contribution >= 4 is 35.0 Å². The third kappa shape index (κ3) is 4.73. The molecule has 1 saturated heterocycles. The number of hydrogen-bond donors (Lipinski definition) is 1. The van der Waals surface area contributed by atoms with Crippen molar-refractivity contribution in [2.75, 3.05) is 20.2 Å². The number of benzene rings is 2. The van der Waals surface area contributed by atoms with Crippen molar-refractivity contribution in [3.8, 4) is 5.75 Å². The van der Waals surface area contributed by atoms with Gasteiger partial charge in [0, 0.05) is 29.7 Å². The number of likely N-dealkylation sites (tertiary alicyclic amines) is 1. The molecule has 1 fully saturated rings. The lowest BCUT2D eigenvalue weighted by Gasteiger charge is -2.32. The standard InChI is InChI=1S/C20H20Cl2N2O3/c1-27-16-4-2-3-13(11-16)19(25)23-15-7-9-24(10-8-15)20(26)17-12-14(21)5-6-18(17)22/h2-6,11-12,15H,7-10H2,1H3,(H,23,25). The summed E-state index contributed by atoms with van der Waals surface area (Å²) in [5.74, 6) is 0.359. The van der Waals surface area contributed by atoms with E-state index in [9.17, 15) is 9.59 Å².